The zero-order valence-corrected chi connectivity index (χ0v) is 16.7. The van der Waals surface area contributed by atoms with Crippen molar-refractivity contribution in [2.75, 3.05) is 16.3 Å². The van der Waals surface area contributed by atoms with E-state index >= 15 is 0 Å². The molecule has 0 radical (unpaired) electrons. The molecule has 0 unspecified atom stereocenters. The Kier molecular flexibility index (Phi) is 7.24. The summed E-state index contributed by atoms with van der Waals surface area (Å²) < 4.78 is 24.9. The number of amides is 1. The molecule has 0 saturated heterocycles. The lowest BCUT2D eigenvalue weighted by Gasteiger charge is -2.22. The highest BCUT2D eigenvalue weighted by atomic mass is 32.2. The van der Waals surface area contributed by atoms with E-state index in [1.807, 2.05) is 30.3 Å². The fraction of sp³-hybridized carbons (Fsp3) is 0.350. The number of anilines is 2. The normalized spacial score (nSPS) is 13.4. The molecule has 2 aromatic rings. The van der Waals surface area contributed by atoms with Gasteiger partial charge in [-0.3, -0.25) is 9.52 Å². The van der Waals surface area contributed by atoms with E-state index < -0.39 is 16.1 Å². The summed E-state index contributed by atoms with van der Waals surface area (Å²) in [5.74, 6) is -0.0874. The molecular weight excluding hydrogens is 362 g/mol. The van der Waals surface area contributed by atoms with Gasteiger partial charge < -0.3 is 10.6 Å². The number of nitrogens with one attached hydrogen (secondary N) is 3. The highest BCUT2D eigenvalue weighted by Gasteiger charge is 2.18. The third kappa shape index (κ3) is 6.94. The number of carbonyl (C=O) groups excluding carboxylic acids is 1. The molecule has 0 aromatic heterocycles. The molecule has 0 heterocycles. The predicted molar refractivity (Wildman–Crippen MR) is 110 cm³/mol. The Labute approximate surface area is 161 Å². The van der Waals surface area contributed by atoms with Crippen molar-refractivity contribution in [2.45, 2.75) is 38.8 Å². The van der Waals surface area contributed by atoms with Crippen molar-refractivity contribution in [3.05, 3.63) is 60.2 Å². The number of benzene rings is 2. The Morgan fingerprint density at radius 2 is 1.59 bits per heavy atom. The van der Waals surface area contributed by atoms with Crippen molar-refractivity contribution in [2.24, 2.45) is 0 Å². The maximum atomic E-state index is 12.6. The summed E-state index contributed by atoms with van der Waals surface area (Å²) in [6, 6.07) is 16.3. The van der Waals surface area contributed by atoms with Crippen LogP contribution in [0.4, 0.5) is 11.4 Å². The molecule has 0 aliphatic carbocycles. The topological polar surface area (TPSA) is 87.3 Å². The molecule has 0 aliphatic rings. The molecule has 2 aromatic carbocycles. The molecule has 0 fully saturated rings. The van der Waals surface area contributed by atoms with Crippen LogP contribution in [0.1, 0.15) is 38.3 Å². The molecule has 0 spiro atoms. The van der Waals surface area contributed by atoms with Crippen LogP contribution in [0.5, 0.6) is 0 Å². The minimum Gasteiger partial charge on any atom is -0.374 e. The lowest BCUT2D eigenvalue weighted by molar-refractivity contribution is -0.122. The van der Waals surface area contributed by atoms with Gasteiger partial charge in [0.25, 0.3) is 0 Å². The van der Waals surface area contributed by atoms with Gasteiger partial charge in [0.2, 0.25) is 15.9 Å². The third-order valence-corrected chi connectivity index (χ3v) is 4.67. The van der Waals surface area contributed by atoms with Crippen molar-refractivity contribution in [1.82, 2.24) is 5.32 Å². The van der Waals surface area contributed by atoms with E-state index in [0.29, 0.717) is 5.69 Å². The molecule has 6 nitrogen and oxygen atoms in total. The van der Waals surface area contributed by atoms with Gasteiger partial charge >= 0.3 is 0 Å². The zero-order chi connectivity index (χ0) is 19.9. The molecule has 7 heteroatoms. The number of carbonyl (C=O) groups is 1. The maximum absolute atomic E-state index is 12.6. The molecule has 27 heavy (non-hydrogen) atoms. The minimum absolute atomic E-state index is 0.0192. The second kappa shape index (κ2) is 9.41. The standard InChI is InChI=1S/C20H27N3O3S/c1-4-8-19(16-9-6-5-7-10-16)22-20(24)15(2)21-17-11-13-18(14-12-17)23-27(3,25)26/h5-7,9-15,19,21,23H,4,8H2,1-3H3,(H,22,24)/t15-,19-/m1/s1. The summed E-state index contributed by atoms with van der Waals surface area (Å²) >= 11 is 0. The lowest BCUT2D eigenvalue weighted by atomic mass is 10.0. The van der Waals surface area contributed by atoms with Crippen LogP contribution in [0, 0.1) is 0 Å². The van der Waals surface area contributed by atoms with E-state index in [-0.39, 0.29) is 11.9 Å². The first-order chi connectivity index (χ1) is 12.8. The molecule has 0 aliphatic heterocycles. The van der Waals surface area contributed by atoms with Crippen LogP contribution < -0.4 is 15.4 Å². The second-order valence-electron chi connectivity index (χ2n) is 6.58. The van der Waals surface area contributed by atoms with Gasteiger partial charge in [0, 0.05) is 11.4 Å². The fourth-order valence-electron chi connectivity index (χ4n) is 2.76. The SMILES string of the molecule is CCC[C@@H](NC(=O)[C@@H](C)Nc1ccc(NS(C)(=O)=O)cc1)c1ccccc1. The van der Waals surface area contributed by atoms with Crippen LogP contribution in [0.3, 0.4) is 0 Å². The van der Waals surface area contributed by atoms with Crippen molar-refractivity contribution in [3.8, 4) is 0 Å². The molecule has 0 bridgehead atoms. The first kappa shape index (κ1) is 20.8. The predicted octanol–water partition coefficient (Wildman–Crippen LogP) is 3.52. The Morgan fingerprint density at radius 3 is 2.15 bits per heavy atom. The van der Waals surface area contributed by atoms with Gasteiger partial charge in [-0.25, -0.2) is 8.42 Å². The van der Waals surface area contributed by atoms with Gasteiger partial charge in [-0.1, -0.05) is 43.7 Å². The Balaban J connectivity index is 1.98. The summed E-state index contributed by atoms with van der Waals surface area (Å²) in [7, 11) is -3.31. The van der Waals surface area contributed by atoms with Crippen LogP contribution in [0.25, 0.3) is 0 Å². The van der Waals surface area contributed by atoms with Crippen molar-refractivity contribution in [1.29, 1.82) is 0 Å². The highest BCUT2D eigenvalue weighted by molar-refractivity contribution is 7.92. The van der Waals surface area contributed by atoms with E-state index in [1.165, 1.54) is 0 Å². The summed E-state index contributed by atoms with van der Waals surface area (Å²) in [5.41, 5.74) is 2.31. The largest absolute Gasteiger partial charge is 0.374 e. The van der Waals surface area contributed by atoms with E-state index in [2.05, 4.69) is 22.3 Å². The number of sulfonamides is 1. The minimum atomic E-state index is -3.31. The summed E-state index contributed by atoms with van der Waals surface area (Å²) in [6.45, 7) is 3.89. The average Bonchev–Trinajstić information content (AvgIpc) is 2.62. The van der Waals surface area contributed by atoms with E-state index in [9.17, 15) is 13.2 Å². The van der Waals surface area contributed by atoms with Gasteiger partial charge in [0.1, 0.15) is 6.04 Å². The molecule has 3 N–H and O–H groups in total. The fourth-order valence-corrected chi connectivity index (χ4v) is 3.32. The van der Waals surface area contributed by atoms with Gasteiger partial charge in [-0.2, -0.15) is 0 Å². The van der Waals surface area contributed by atoms with E-state index in [4.69, 9.17) is 0 Å². The molecule has 2 atom stereocenters. The molecule has 146 valence electrons. The summed E-state index contributed by atoms with van der Waals surface area (Å²) in [6.07, 6.45) is 2.94. The highest BCUT2D eigenvalue weighted by Crippen LogP contribution is 2.19. The van der Waals surface area contributed by atoms with Gasteiger partial charge in [0.05, 0.1) is 12.3 Å². The van der Waals surface area contributed by atoms with Crippen LogP contribution in [-0.4, -0.2) is 26.6 Å². The third-order valence-electron chi connectivity index (χ3n) is 4.06. The second-order valence-corrected chi connectivity index (χ2v) is 8.33. The Morgan fingerprint density at radius 1 is 1.00 bits per heavy atom. The first-order valence-electron chi connectivity index (χ1n) is 8.98. The van der Waals surface area contributed by atoms with Crippen molar-refractivity contribution < 1.29 is 13.2 Å². The van der Waals surface area contributed by atoms with Crippen LogP contribution >= 0.6 is 0 Å². The van der Waals surface area contributed by atoms with E-state index in [1.54, 1.807) is 31.2 Å². The molecule has 2 rings (SSSR count). The van der Waals surface area contributed by atoms with Crippen LogP contribution in [0.2, 0.25) is 0 Å². The average molecular weight is 390 g/mol. The van der Waals surface area contributed by atoms with Crippen molar-refractivity contribution >= 4 is 27.3 Å². The quantitative estimate of drug-likeness (QED) is 0.612. The number of hydrogen-bond donors (Lipinski definition) is 3. The number of rotatable bonds is 9. The lowest BCUT2D eigenvalue weighted by Crippen LogP contribution is -2.39. The summed E-state index contributed by atoms with van der Waals surface area (Å²) in [4.78, 5) is 12.6. The summed E-state index contributed by atoms with van der Waals surface area (Å²) in [5, 5.41) is 6.24. The Bertz CT molecular complexity index is 837. The van der Waals surface area contributed by atoms with E-state index in [0.717, 1.165) is 30.3 Å². The van der Waals surface area contributed by atoms with Crippen LogP contribution in [-0.2, 0) is 14.8 Å². The molecule has 0 saturated carbocycles. The zero-order valence-electron chi connectivity index (χ0n) is 15.9. The van der Waals surface area contributed by atoms with Gasteiger partial charge in [-0.15, -0.1) is 0 Å². The molecular formula is C20H27N3O3S. The van der Waals surface area contributed by atoms with Crippen molar-refractivity contribution in [3.63, 3.8) is 0 Å². The smallest absolute Gasteiger partial charge is 0.242 e. The monoisotopic (exact) mass is 389 g/mol. The Hall–Kier alpha value is -2.54. The number of hydrogen-bond acceptors (Lipinski definition) is 4. The van der Waals surface area contributed by atoms with Crippen LogP contribution in [0.15, 0.2) is 54.6 Å². The van der Waals surface area contributed by atoms with Gasteiger partial charge in [-0.05, 0) is 43.2 Å². The molecule has 1 amide bonds. The van der Waals surface area contributed by atoms with Gasteiger partial charge in [0.15, 0.2) is 0 Å². The maximum Gasteiger partial charge on any atom is 0.242 e. The first-order valence-corrected chi connectivity index (χ1v) is 10.9.